The van der Waals surface area contributed by atoms with E-state index in [2.05, 4.69) is 0 Å². The molecule has 0 bridgehead atoms. The number of aliphatic carboxylic acids is 1. The fourth-order valence-electron chi connectivity index (χ4n) is 1.50. The topological polar surface area (TPSA) is 89.9 Å². The summed E-state index contributed by atoms with van der Waals surface area (Å²) in [6.07, 6.45) is -0.0452. The average molecular weight is 321 g/mol. The Hall–Kier alpha value is -1.00. The van der Waals surface area contributed by atoms with Gasteiger partial charge in [-0.2, -0.15) is 0 Å². The quantitative estimate of drug-likeness (QED) is 0.571. The number of carboxylic acid groups (broad SMARTS) is 1. The van der Waals surface area contributed by atoms with Crippen LogP contribution in [0.15, 0.2) is 0 Å². The zero-order valence-corrected chi connectivity index (χ0v) is 14.5. The van der Waals surface area contributed by atoms with Crippen molar-refractivity contribution in [3.63, 3.8) is 0 Å². The Bertz CT molecular complexity index is 391. The first-order valence-corrected chi connectivity index (χ1v) is 8.25. The van der Waals surface area contributed by atoms with E-state index in [1.165, 1.54) is 0 Å². The molecule has 0 radical (unpaired) electrons. The molecular formula is C14H26O6P+. The van der Waals surface area contributed by atoms with Gasteiger partial charge in [0.25, 0.3) is 0 Å². The van der Waals surface area contributed by atoms with Crippen LogP contribution in [0.4, 0.5) is 0 Å². The van der Waals surface area contributed by atoms with Crippen LogP contribution < -0.4 is 0 Å². The molecule has 1 N–H and O–H groups in total. The van der Waals surface area contributed by atoms with Crippen LogP contribution in [0.2, 0.25) is 0 Å². The van der Waals surface area contributed by atoms with E-state index >= 15 is 0 Å². The van der Waals surface area contributed by atoms with Gasteiger partial charge in [0.15, 0.2) is 6.16 Å². The maximum atomic E-state index is 11.8. The van der Waals surface area contributed by atoms with Crippen molar-refractivity contribution in [1.29, 1.82) is 0 Å². The van der Waals surface area contributed by atoms with Crippen LogP contribution in [-0.2, 0) is 23.4 Å². The van der Waals surface area contributed by atoms with Crippen molar-refractivity contribution in [1.82, 2.24) is 0 Å². The number of esters is 1. The molecule has 2 unspecified atom stereocenters. The van der Waals surface area contributed by atoms with E-state index in [0.29, 0.717) is 0 Å². The summed E-state index contributed by atoms with van der Waals surface area (Å²) < 4.78 is 22.1. The van der Waals surface area contributed by atoms with Crippen LogP contribution >= 0.6 is 8.03 Å². The number of carbonyl (C=O) groups excluding carboxylic acids is 1. The zero-order chi connectivity index (χ0) is 16.8. The highest BCUT2D eigenvalue weighted by Gasteiger charge is 2.34. The third-order valence-corrected chi connectivity index (χ3v) is 3.70. The van der Waals surface area contributed by atoms with Crippen LogP contribution in [0.25, 0.3) is 0 Å². The molecule has 2 atom stereocenters. The van der Waals surface area contributed by atoms with Gasteiger partial charge >= 0.3 is 20.0 Å². The highest BCUT2D eigenvalue weighted by atomic mass is 31.1. The van der Waals surface area contributed by atoms with E-state index < -0.39 is 37.1 Å². The average Bonchev–Trinajstić information content (AvgIpc) is 2.18. The van der Waals surface area contributed by atoms with Crippen molar-refractivity contribution in [2.75, 3.05) is 6.16 Å². The fourth-order valence-corrected chi connectivity index (χ4v) is 2.88. The number of ether oxygens (including phenoxy) is 1. The van der Waals surface area contributed by atoms with Crippen LogP contribution in [0.3, 0.4) is 0 Å². The predicted molar refractivity (Wildman–Crippen MR) is 79.5 cm³/mol. The molecule has 122 valence electrons. The lowest BCUT2D eigenvalue weighted by molar-refractivity contribution is -0.155. The number of rotatable bonds is 7. The summed E-state index contributed by atoms with van der Waals surface area (Å²) in [6, 6.07) is 0. The Kier molecular flexibility index (Phi) is 7.48. The maximum absolute atomic E-state index is 11.8. The summed E-state index contributed by atoms with van der Waals surface area (Å²) in [4.78, 5) is 22.7. The molecule has 0 aliphatic rings. The Morgan fingerprint density at radius 1 is 1.10 bits per heavy atom. The molecule has 0 heterocycles. The highest BCUT2D eigenvalue weighted by Crippen LogP contribution is 2.33. The molecule has 0 aromatic rings. The van der Waals surface area contributed by atoms with Gasteiger partial charge in [-0.05, 0) is 52.5 Å². The molecule has 0 aliphatic heterocycles. The third kappa shape index (κ3) is 11.3. The van der Waals surface area contributed by atoms with Crippen molar-refractivity contribution in [3.8, 4) is 0 Å². The van der Waals surface area contributed by atoms with Gasteiger partial charge in [-0.15, -0.1) is 4.52 Å². The van der Waals surface area contributed by atoms with Gasteiger partial charge in [0.05, 0.1) is 0 Å². The lowest BCUT2D eigenvalue weighted by Gasteiger charge is -2.19. The molecule has 0 fully saturated rings. The lowest BCUT2D eigenvalue weighted by atomic mass is 10.1. The Balaban J connectivity index is 4.42. The molecular weight excluding hydrogens is 295 g/mol. The summed E-state index contributed by atoms with van der Waals surface area (Å²) in [5.41, 5.74) is -1.20. The van der Waals surface area contributed by atoms with Gasteiger partial charge in [-0.3, -0.25) is 9.59 Å². The SMILES string of the molecule is CC(C)(C)OC(=O)CCC(C[P+](=O)OC(C)(C)C)C(=O)O. The molecule has 0 spiro atoms. The van der Waals surface area contributed by atoms with Crippen LogP contribution in [-0.4, -0.2) is 34.4 Å². The zero-order valence-electron chi connectivity index (χ0n) is 13.6. The van der Waals surface area contributed by atoms with E-state index in [1.807, 2.05) is 0 Å². The predicted octanol–water partition coefficient (Wildman–Crippen LogP) is 3.37. The molecule has 0 aromatic heterocycles. The van der Waals surface area contributed by atoms with Crippen molar-refractivity contribution in [3.05, 3.63) is 0 Å². The molecule has 0 aliphatic carbocycles. The van der Waals surface area contributed by atoms with Crippen LogP contribution in [0.5, 0.6) is 0 Å². The van der Waals surface area contributed by atoms with E-state index in [-0.39, 0.29) is 19.0 Å². The van der Waals surface area contributed by atoms with Gasteiger partial charge in [0.1, 0.15) is 17.1 Å². The van der Waals surface area contributed by atoms with E-state index in [1.54, 1.807) is 41.5 Å². The van der Waals surface area contributed by atoms with Gasteiger partial charge in [-0.25, -0.2) is 0 Å². The summed E-state index contributed by atoms with van der Waals surface area (Å²) in [5.74, 6) is -2.43. The molecule has 6 nitrogen and oxygen atoms in total. The second-order valence-electron chi connectivity index (χ2n) is 6.88. The molecule has 7 heteroatoms. The number of hydrogen-bond acceptors (Lipinski definition) is 5. The minimum atomic E-state index is -2.08. The number of hydrogen-bond donors (Lipinski definition) is 1. The summed E-state index contributed by atoms with van der Waals surface area (Å²) >= 11 is 0. The van der Waals surface area contributed by atoms with Crippen molar-refractivity contribution in [2.45, 2.75) is 65.6 Å². The fraction of sp³-hybridized carbons (Fsp3) is 0.857. The Labute approximate surface area is 127 Å². The summed E-state index contributed by atoms with van der Waals surface area (Å²) in [5, 5.41) is 9.13. The van der Waals surface area contributed by atoms with Gasteiger partial charge < -0.3 is 9.84 Å². The molecule has 0 rings (SSSR count). The lowest BCUT2D eigenvalue weighted by Crippen LogP contribution is -2.25. The Morgan fingerprint density at radius 3 is 2.00 bits per heavy atom. The minimum absolute atomic E-state index is 0.0209. The Morgan fingerprint density at radius 2 is 1.62 bits per heavy atom. The summed E-state index contributed by atoms with van der Waals surface area (Å²) in [7, 11) is -2.08. The van der Waals surface area contributed by atoms with Crippen molar-refractivity contribution >= 4 is 20.0 Å². The third-order valence-electron chi connectivity index (χ3n) is 2.21. The molecule has 0 saturated heterocycles. The number of carboxylic acids is 1. The first-order chi connectivity index (χ1) is 9.30. The number of carbonyl (C=O) groups is 2. The van der Waals surface area contributed by atoms with Gasteiger partial charge in [-0.1, -0.05) is 0 Å². The van der Waals surface area contributed by atoms with E-state index in [0.717, 1.165) is 0 Å². The molecule has 0 saturated carbocycles. The molecule has 0 aromatic carbocycles. The van der Waals surface area contributed by atoms with Crippen molar-refractivity contribution < 1.29 is 28.5 Å². The smallest absolute Gasteiger partial charge is 0.481 e. The molecule has 0 amide bonds. The normalized spacial score (nSPS) is 14.5. The van der Waals surface area contributed by atoms with Gasteiger partial charge in [0.2, 0.25) is 0 Å². The maximum Gasteiger partial charge on any atom is 0.509 e. The van der Waals surface area contributed by atoms with E-state index in [9.17, 15) is 14.2 Å². The highest BCUT2D eigenvalue weighted by molar-refractivity contribution is 7.39. The first-order valence-electron chi connectivity index (χ1n) is 6.88. The van der Waals surface area contributed by atoms with Crippen LogP contribution in [0.1, 0.15) is 54.4 Å². The summed E-state index contributed by atoms with van der Waals surface area (Å²) in [6.45, 7) is 10.5. The monoisotopic (exact) mass is 321 g/mol. The second-order valence-corrected chi connectivity index (χ2v) is 8.09. The van der Waals surface area contributed by atoms with Crippen molar-refractivity contribution in [2.24, 2.45) is 5.92 Å². The van der Waals surface area contributed by atoms with E-state index in [4.69, 9.17) is 14.4 Å². The molecule has 21 heavy (non-hydrogen) atoms. The van der Waals surface area contributed by atoms with Gasteiger partial charge in [0, 0.05) is 6.42 Å². The first kappa shape index (κ1) is 20.0. The standard InChI is InChI=1S/C14H25O6P/c1-13(2,3)19-11(15)8-7-10(12(16)17)9-21(18)20-14(4,5)6/h10H,7-9H2,1-6H3/p+1. The van der Waals surface area contributed by atoms with Crippen LogP contribution in [0, 0.1) is 5.92 Å². The second kappa shape index (κ2) is 7.85. The minimum Gasteiger partial charge on any atom is -0.481 e. The largest absolute Gasteiger partial charge is 0.509 e.